The smallest absolute Gasteiger partial charge is 0.224 e. The summed E-state index contributed by atoms with van der Waals surface area (Å²) in [6.45, 7) is 0. The van der Waals surface area contributed by atoms with Crippen molar-refractivity contribution < 1.29 is 9.00 Å². The minimum atomic E-state index is -0.779. The van der Waals surface area contributed by atoms with Gasteiger partial charge in [0, 0.05) is 33.9 Å². The SMILES string of the molecule is N#Cc1ccc(NC(=O)CCCS(=O)C2CCCC2)cc1. The lowest BCUT2D eigenvalue weighted by atomic mass is 10.2. The van der Waals surface area contributed by atoms with Gasteiger partial charge < -0.3 is 5.32 Å². The summed E-state index contributed by atoms with van der Waals surface area (Å²) in [6, 6.07) is 8.81. The van der Waals surface area contributed by atoms with Crippen LogP contribution < -0.4 is 5.32 Å². The number of hydrogen-bond acceptors (Lipinski definition) is 3. The molecule has 4 nitrogen and oxygen atoms in total. The molecule has 1 saturated carbocycles. The third-order valence-electron chi connectivity index (χ3n) is 3.72. The van der Waals surface area contributed by atoms with Gasteiger partial charge in [-0.15, -0.1) is 0 Å². The molecular formula is C16H20N2O2S. The zero-order valence-corrected chi connectivity index (χ0v) is 12.8. The van der Waals surface area contributed by atoms with E-state index in [0.29, 0.717) is 35.1 Å². The van der Waals surface area contributed by atoms with Gasteiger partial charge >= 0.3 is 0 Å². The van der Waals surface area contributed by atoms with Crippen molar-refractivity contribution in [2.24, 2.45) is 0 Å². The van der Waals surface area contributed by atoms with Crippen molar-refractivity contribution in [2.75, 3.05) is 11.1 Å². The molecule has 2 rings (SSSR count). The second-order valence-corrected chi connectivity index (χ2v) is 7.17. The first-order valence-corrected chi connectivity index (χ1v) is 8.74. The van der Waals surface area contributed by atoms with E-state index < -0.39 is 10.8 Å². The number of rotatable bonds is 6. The maximum atomic E-state index is 12.0. The summed E-state index contributed by atoms with van der Waals surface area (Å²) >= 11 is 0. The molecule has 1 aromatic carbocycles. The number of benzene rings is 1. The van der Waals surface area contributed by atoms with Crippen LogP contribution in [-0.2, 0) is 15.6 Å². The second-order valence-electron chi connectivity index (χ2n) is 5.33. The Balaban J connectivity index is 1.69. The third kappa shape index (κ3) is 4.98. The molecule has 0 aromatic heterocycles. The Morgan fingerprint density at radius 3 is 2.57 bits per heavy atom. The maximum Gasteiger partial charge on any atom is 0.224 e. The van der Waals surface area contributed by atoms with Crippen LogP contribution in [0.2, 0.25) is 0 Å². The highest BCUT2D eigenvalue weighted by Crippen LogP contribution is 2.23. The van der Waals surface area contributed by atoms with Gasteiger partial charge in [0.05, 0.1) is 11.6 Å². The van der Waals surface area contributed by atoms with Crippen LogP contribution in [0.5, 0.6) is 0 Å². The predicted molar refractivity (Wildman–Crippen MR) is 84.3 cm³/mol. The topological polar surface area (TPSA) is 70.0 Å². The monoisotopic (exact) mass is 304 g/mol. The van der Waals surface area contributed by atoms with Gasteiger partial charge in [-0.3, -0.25) is 9.00 Å². The average Bonchev–Trinajstić information content (AvgIpc) is 3.02. The van der Waals surface area contributed by atoms with Gasteiger partial charge in [-0.05, 0) is 43.5 Å². The van der Waals surface area contributed by atoms with Gasteiger partial charge in [-0.25, -0.2) is 0 Å². The first kappa shape index (κ1) is 15.7. The summed E-state index contributed by atoms with van der Waals surface area (Å²) in [7, 11) is -0.779. The summed E-state index contributed by atoms with van der Waals surface area (Å²) in [5.41, 5.74) is 1.26. The third-order valence-corrected chi connectivity index (χ3v) is 5.63. The normalized spacial score (nSPS) is 16.3. The summed E-state index contributed by atoms with van der Waals surface area (Å²) in [4.78, 5) is 11.8. The number of anilines is 1. The Bertz CT molecular complexity index is 542. The van der Waals surface area contributed by atoms with Crippen LogP contribution in [0.3, 0.4) is 0 Å². The van der Waals surface area contributed by atoms with Gasteiger partial charge in [0.25, 0.3) is 0 Å². The quantitative estimate of drug-likeness (QED) is 0.878. The molecule has 0 saturated heterocycles. The number of nitrogens with one attached hydrogen (secondary N) is 1. The lowest BCUT2D eigenvalue weighted by Gasteiger charge is -2.09. The van der Waals surface area contributed by atoms with Crippen LogP contribution in [0, 0.1) is 11.3 Å². The number of carbonyl (C=O) groups excluding carboxylic acids is 1. The van der Waals surface area contributed by atoms with Crippen molar-refractivity contribution in [3.05, 3.63) is 29.8 Å². The molecule has 0 heterocycles. The Labute approximate surface area is 128 Å². The highest BCUT2D eigenvalue weighted by molar-refractivity contribution is 7.85. The van der Waals surface area contributed by atoms with E-state index >= 15 is 0 Å². The summed E-state index contributed by atoms with van der Waals surface area (Å²) in [6.07, 6.45) is 5.57. The highest BCUT2D eigenvalue weighted by Gasteiger charge is 2.20. The fourth-order valence-corrected chi connectivity index (χ4v) is 4.17. The van der Waals surface area contributed by atoms with E-state index in [1.54, 1.807) is 24.3 Å². The van der Waals surface area contributed by atoms with Crippen LogP contribution >= 0.6 is 0 Å². The molecule has 112 valence electrons. The molecule has 5 heteroatoms. The minimum absolute atomic E-state index is 0.0665. The van der Waals surface area contributed by atoms with Crippen LogP contribution in [-0.4, -0.2) is 21.1 Å². The minimum Gasteiger partial charge on any atom is -0.326 e. The first-order valence-electron chi connectivity index (χ1n) is 7.36. The van der Waals surface area contributed by atoms with Crippen molar-refractivity contribution in [1.29, 1.82) is 5.26 Å². The number of nitrogens with zero attached hydrogens (tertiary/aromatic N) is 1. The number of nitriles is 1. The van der Waals surface area contributed by atoms with E-state index in [1.807, 2.05) is 6.07 Å². The number of carbonyl (C=O) groups is 1. The zero-order valence-electron chi connectivity index (χ0n) is 12.0. The van der Waals surface area contributed by atoms with Crippen molar-refractivity contribution >= 4 is 22.4 Å². The first-order chi connectivity index (χ1) is 10.2. The molecule has 1 N–H and O–H groups in total. The Morgan fingerprint density at radius 2 is 1.95 bits per heavy atom. The number of hydrogen-bond donors (Lipinski definition) is 1. The molecule has 0 radical (unpaired) electrons. The van der Waals surface area contributed by atoms with E-state index in [2.05, 4.69) is 5.32 Å². The molecule has 1 atom stereocenters. The van der Waals surface area contributed by atoms with Crippen LogP contribution in [0.1, 0.15) is 44.1 Å². The lowest BCUT2D eigenvalue weighted by molar-refractivity contribution is -0.116. The highest BCUT2D eigenvalue weighted by atomic mass is 32.2. The zero-order chi connectivity index (χ0) is 15.1. The van der Waals surface area contributed by atoms with Gasteiger partial charge in [0.15, 0.2) is 0 Å². The Morgan fingerprint density at radius 1 is 1.29 bits per heavy atom. The van der Waals surface area contributed by atoms with E-state index in [-0.39, 0.29) is 5.91 Å². The molecule has 1 amide bonds. The molecule has 0 spiro atoms. The van der Waals surface area contributed by atoms with E-state index in [4.69, 9.17) is 5.26 Å². The van der Waals surface area contributed by atoms with E-state index in [9.17, 15) is 9.00 Å². The van der Waals surface area contributed by atoms with Gasteiger partial charge in [-0.2, -0.15) is 5.26 Å². The molecular weight excluding hydrogens is 284 g/mol. The largest absolute Gasteiger partial charge is 0.326 e. The van der Waals surface area contributed by atoms with Gasteiger partial charge in [-0.1, -0.05) is 12.8 Å². The molecule has 1 fully saturated rings. The van der Waals surface area contributed by atoms with Gasteiger partial charge in [0.2, 0.25) is 5.91 Å². The fraction of sp³-hybridized carbons (Fsp3) is 0.500. The van der Waals surface area contributed by atoms with Crippen molar-refractivity contribution in [2.45, 2.75) is 43.8 Å². The molecule has 0 bridgehead atoms. The standard InChI is InChI=1S/C16H20N2O2S/c17-12-13-7-9-14(10-8-13)18-16(19)6-3-11-21(20)15-4-1-2-5-15/h7-10,15H,1-6,11H2,(H,18,19). The van der Waals surface area contributed by atoms with Crippen LogP contribution in [0.25, 0.3) is 0 Å². The summed E-state index contributed by atoms with van der Waals surface area (Å²) < 4.78 is 12.0. The molecule has 1 aromatic rings. The molecule has 1 aliphatic rings. The summed E-state index contributed by atoms with van der Waals surface area (Å²) in [5, 5.41) is 11.8. The number of amides is 1. The van der Waals surface area contributed by atoms with Crippen molar-refractivity contribution in [3.63, 3.8) is 0 Å². The Kier molecular flexibility index (Phi) is 5.94. The fourth-order valence-electron chi connectivity index (χ4n) is 2.54. The van der Waals surface area contributed by atoms with E-state index in [1.165, 1.54) is 12.8 Å². The predicted octanol–water partition coefficient (Wildman–Crippen LogP) is 2.97. The molecule has 1 aliphatic carbocycles. The molecule has 1 unspecified atom stereocenters. The molecule has 0 aliphatic heterocycles. The van der Waals surface area contributed by atoms with Crippen LogP contribution in [0.4, 0.5) is 5.69 Å². The van der Waals surface area contributed by atoms with E-state index in [0.717, 1.165) is 12.8 Å². The summed E-state index contributed by atoms with van der Waals surface area (Å²) in [5.74, 6) is 0.550. The van der Waals surface area contributed by atoms with Gasteiger partial charge in [0.1, 0.15) is 0 Å². The Hall–Kier alpha value is -1.67. The molecule has 21 heavy (non-hydrogen) atoms. The lowest BCUT2D eigenvalue weighted by Crippen LogP contribution is -2.16. The van der Waals surface area contributed by atoms with Crippen LogP contribution in [0.15, 0.2) is 24.3 Å². The van der Waals surface area contributed by atoms with Crippen molar-refractivity contribution in [3.8, 4) is 6.07 Å². The second kappa shape index (κ2) is 7.94. The maximum absolute atomic E-state index is 12.0. The average molecular weight is 304 g/mol. The van der Waals surface area contributed by atoms with Crippen molar-refractivity contribution in [1.82, 2.24) is 0 Å².